The van der Waals surface area contributed by atoms with Gasteiger partial charge in [0.05, 0.1) is 11.3 Å². The fraction of sp³-hybridized carbons (Fsp3) is 0.200. The SMILES string of the molecule is Cc1c(C(=O)OC(C)C(=O)Nc2ccc(Cl)cc2C(F)(F)F)oc2ccc(F)cc12. The van der Waals surface area contributed by atoms with Crippen molar-refractivity contribution in [2.24, 2.45) is 0 Å². The summed E-state index contributed by atoms with van der Waals surface area (Å²) in [5.74, 6) is -2.77. The highest BCUT2D eigenvalue weighted by atomic mass is 35.5. The molecule has 1 N–H and O–H groups in total. The number of alkyl halides is 3. The van der Waals surface area contributed by atoms with Gasteiger partial charge in [0.25, 0.3) is 5.91 Å². The summed E-state index contributed by atoms with van der Waals surface area (Å²) in [6.45, 7) is 2.70. The predicted molar refractivity (Wildman–Crippen MR) is 101 cm³/mol. The Bertz CT molecular complexity index is 1140. The number of nitrogens with one attached hydrogen (secondary N) is 1. The molecule has 0 bridgehead atoms. The standard InChI is InChI=1S/C20H14ClF4NO4/c1-9-13-8-12(22)4-6-16(13)30-17(9)19(28)29-10(2)18(27)26-15-5-3-11(21)7-14(15)20(23,24)25/h3-8,10H,1-2H3,(H,26,27). The van der Waals surface area contributed by atoms with Gasteiger partial charge in [-0.3, -0.25) is 4.79 Å². The van der Waals surface area contributed by atoms with Crippen molar-refractivity contribution < 1.29 is 36.3 Å². The molecular formula is C20H14ClF4NO4. The first kappa shape index (κ1) is 21.6. The highest BCUT2D eigenvalue weighted by molar-refractivity contribution is 6.30. The number of esters is 1. The second-order valence-corrected chi connectivity index (χ2v) is 6.86. The topological polar surface area (TPSA) is 68.5 Å². The number of hydrogen-bond donors (Lipinski definition) is 1. The van der Waals surface area contributed by atoms with Crippen LogP contribution >= 0.6 is 11.6 Å². The Hall–Kier alpha value is -3.07. The molecule has 0 fully saturated rings. The molecule has 1 amide bonds. The summed E-state index contributed by atoms with van der Waals surface area (Å²) in [5, 5.41) is 2.28. The van der Waals surface area contributed by atoms with Crippen molar-refractivity contribution in [3.8, 4) is 0 Å². The van der Waals surface area contributed by atoms with Gasteiger partial charge in [0.15, 0.2) is 6.10 Å². The lowest BCUT2D eigenvalue weighted by Crippen LogP contribution is -2.30. The number of benzene rings is 2. The van der Waals surface area contributed by atoms with E-state index in [1.807, 2.05) is 0 Å². The molecule has 0 aliphatic carbocycles. The van der Waals surface area contributed by atoms with Crippen LogP contribution < -0.4 is 5.32 Å². The number of rotatable bonds is 4. The zero-order chi connectivity index (χ0) is 22.2. The van der Waals surface area contributed by atoms with Gasteiger partial charge >= 0.3 is 12.1 Å². The number of carbonyl (C=O) groups is 2. The summed E-state index contributed by atoms with van der Waals surface area (Å²) in [5.41, 5.74) is -1.12. The summed E-state index contributed by atoms with van der Waals surface area (Å²) < 4.78 is 63.2. The number of hydrogen-bond acceptors (Lipinski definition) is 4. The molecule has 1 atom stereocenters. The highest BCUT2D eigenvalue weighted by Gasteiger charge is 2.35. The van der Waals surface area contributed by atoms with Crippen molar-refractivity contribution in [3.05, 3.63) is 64.1 Å². The maximum absolute atomic E-state index is 13.4. The van der Waals surface area contributed by atoms with Gasteiger partial charge in [-0.2, -0.15) is 13.2 Å². The van der Waals surface area contributed by atoms with Crippen LogP contribution in [0.2, 0.25) is 5.02 Å². The van der Waals surface area contributed by atoms with Gasteiger partial charge in [0.1, 0.15) is 11.4 Å². The van der Waals surface area contributed by atoms with Crippen molar-refractivity contribution in [2.45, 2.75) is 26.1 Å². The maximum Gasteiger partial charge on any atom is 0.418 e. The van der Waals surface area contributed by atoms with Crippen molar-refractivity contribution in [3.63, 3.8) is 0 Å². The number of anilines is 1. The van der Waals surface area contributed by atoms with E-state index in [-0.39, 0.29) is 16.4 Å². The number of ether oxygens (including phenoxy) is 1. The molecule has 0 saturated carbocycles. The van der Waals surface area contributed by atoms with Crippen LogP contribution in [0.3, 0.4) is 0 Å². The van der Waals surface area contributed by atoms with Crippen LogP contribution in [0, 0.1) is 12.7 Å². The molecule has 3 aromatic rings. The second-order valence-electron chi connectivity index (χ2n) is 6.42. The molecule has 3 rings (SSSR count). The molecule has 158 valence electrons. The molecule has 5 nitrogen and oxygen atoms in total. The van der Waals surface area contributed by atoms with E-state index in [1.165, 1.54) is 32.0 Å². The average molecular weight is 444 g/mol. The summed E-state index contributed by atoms with van der Waals surface area (Å²) in [7, 11) is 0. The third kappa shape index (κ3) is 4.40. The van der Waals surface area contributed by atoms with Gasteiger partial charge in [-0.25, -0.2) is 9.18 Å². The van der Waals surface area contributed by atoms with Crippen LogP contribution in [-0.4, -0.2) is 18.0 Å². The van der Waals surface area contributed by atoms with E-state index < -0.39 is 41.2 Å². The third-order valence-electron chi connectivity index (χ3n) is 4.28. The first-order valence-corrected chi connectivity index (χ1v) is 8.92. The molecule has 2 aromatic carbocycles. The number of halogens is 5. The molecular weight excluding hydrogens is 430 g/mol. The van der Waals surface area contributed by atoms with Crippen LogP contribution in [0.1, 0.15) is 28.6 Å². The normalized spacial score (nSPS) is 12.6. The molecule has 0 saturated heterocycles. The van der Waals surface area contributed by atoms with Crippen molar-refractivity contribution in [1.29, 1.82) is 0 Å². The molecule has 0 spiro atoms. The Morgan fingerprint density at radius 3 is 2.53 bits per heavy atom. The quantitative estimate of drug-likeness (QED) is 0.412. The summed E-state index contributed by atoms with van der Waals surface area (Å²) in [4.78, 5) is 24.6. The number of furan rings is 1. The molecule has 1 unspecified atom stereocenters. The Morgan fingerprint density at radius 1 is 1.17 bits per heavy atom. The average Bonchev–Trinajstić information content (AvgIpc) is 2.98. The van der Waals surface area contributed by atoms with Gasteiger partial charge in [0, 0.05) is 16.0 Å². The molecule has 30 heavy (non-hydrogen) atoms. The van der Waals surface area contributed by atoms with E-state index in [4.69, 9.17) is 20.8 Å². The molecule has 0 aliphatic heterocycles. The van der Waals surface area contributed by atoms with E-state index in [2.05, 4.69) is 5.32 Å². The van der Waals surface area contributed by atoms with E-state index in [0.29, 0.717) is 17.0 Å². The minimum absolute atomic E-state index is 0.156. The van der Waals surface area contributed by atoms with E-state index in [9.17, 15) is 27.2 Å². The van der Waals surface area contributed by atoms with Gasteiger partial charge in [-0.05, 0) is 50.2 Å². The fourth-order valence-electron chi connectivity index (χ4n) is 2.75. The minimum atomic E-state index is -4.76. The number of carbonyl (C=O) groups excluding carboxylic acids is 2. The van der Waals surface area contributed by atoms with Gasteiger partial charge in [0.2, 0.25) is 5.76 Å². The van der Waals surface area contributed by atoms with Crippen LogP contribution in [0.15, 0.2) is 40.8 Å². The summed E-state index contributed by atoms with van der Waals surface area (Å²) in [6, 6.07) is 6.52. The lowest BCUT2D eigenvalue weighted by molar-refractivity contribution is -0.137. The molecule has 0 aliphatic rings. The molecule has 10 heteroatoms. The molecule has 1 aromatic heterocycles. The van der Waals surface area contributed by atoms with Crippen molar-refractivity contribution >= 4 is 40.1 Å². The maximum atomic E-state index is 13.4. The second kappa shape index (κ2) is 7.98. The number of amides is 1. The molecule has 1 heterocycles. The Kier molecular flexibility index (Phi) is 5.76. The highest BCUT2D eigenvalue weighted by Crippen LogP contribution is 2.36. The Balaban J connectivity index is 1.77. The number of fused-ring (bicyclic) bond motifs is 1. The van der Waals surface area contributed by atoms with E-state index in [1.54, 1.807) is 0 Å². The van der Waals surface area contributed by atoms with Crippen molar-refractivity contribution in [2.75, 3.05) is 5.32 Å². The summed E-state index contributed by atoms with van der Waals surface area (Å²) in [6.07, 6.45) is -6.20. The fourth-order valence-corrected chi connectivity index (χ4v) is 2.92. The van der Waals surface area contributed by atoms with Gasteiger partial charge in [-0.15, -0.1) is 0 Å². The first-order valence-electron chi connectivity index (χ1n) is 8.54. The predicted octanol–water partition coefficient (Wildman–Crippen LogP) is 5.74. The lowest BCUT2D eigenvalue weighted by Gasteiger charge is -2.17. The van der Waals surface area contributed by atoms with E-state index >= 15 is 0 Å². The van der Waals surface area contributed by atoms with Gasteiger partial charge in [-0.1, -0.05) is 11.6 Å². The van der Waals surface area contributed by atoms with Crippen molar-refractivity contribution in [1.82, 2.24) is 0 Å². The largest absolute Gasteiger partial charge is 0.449 e. The lowest BCUT2D eigenvalue weighted by atomic mass is 10.1. The van der Waals surface area contributed by atoms with E-state index in [0.717, 1.165) is 12.1 Å². The van der Waals surface area contributed by atoms with Crippen LogP contribution in [0.5, 0.6) is 0 Å². The van der Waals surface area contributed by atoms with Crippen LogP contribution in [-0.2, 0) is 15.7 Å². The minimum Gasteiger partial charge on any atom is -0.449 e. The first-order chi connectivity index (χ1) is 14.0. The van der Waals surface area contributed by atoms with Crippen LogP contribution in [0.25, 0.3) is 11.0 Å². The summed E-state index contributed by atoms with van der Waals surface area (Å²) >= 11 is 5.60. The zero-order valence-electron chi connectivity index (χ0n) is 15.6. The Morgan fingerprint density at radius 2 is 1.87 bits per heavy atom. The smallest absolute Gasteiger partial charge is 0.418 e. The third-order valence-corrected chi connectivity index (χ3v) is 4.52. The molecule has 0 radical (unpaired) electrons. The number of aryl methyl sites for hydroxylation is 1. The Labute approximate surface area is 172 Å². The zero-order valence-corrected chi connectivity index (χ0v) is 16.3. The van der Waals surface area contributed by atoms with Crippen LogP contribution in [0.4, 0.5) is 23.2 Å². The van der Waals surface area contributed by atoms with Gasteiger partial charge < -0.3 is 14.5 Å². The monoisotopic (exact) mass is 443 g/mol.